The second kappa shape index (κ2) is 4.09. The Morgan fingerprint density at radius 1 is 1.29 bits per heavy atom. The number of halogens is 3. The maximum Gasteiger partial charge on any atom is 0.406 e. The third-order valence-corrected chi connectivity index (χ3v) is 2.57. The fourth-order valence-corrected chi connectivity index (χ4v) is 1.93. The molecule has 0 aliphatic rings. The lowest BCUT2D eigenvalue weighted by Gasteiger charge is -2.09. The van der Waals surface area contributed by atoms with Crippen LogP contribution in [0.1, 0.15) is 17.3 Å². The molecule has 0 fully saturated rings. The lowest BCUT2D eigenvalue weighted by Crippen LogP contribution is -2.13. The summed E-state index contributed by atoms with van der Waals surface area (Å²) in [6.45, 7) is 1.26. The van der Waals surface area contributed by atoms with Gasteiger partial charge in [-0.1, -0.05) is 24.3 Å². The van der Waals surface area contributed by atoms with Gasteiger partial charge in [0, 0.05) is 14.1 Å². The second-order valence-electron chi connectivity index (χ2n) is 2.72. The molecule has 0 saturated carbocycles. The Morgan fingerprint density at radius 2 is 1.86 bits per heavy atom. The van der Waals surface area contributed by atoms with Crippen molar-refractivity contribution >= 4 is 19.7 Å². The SMILES string of the molecule is CC(=O)c1ccccc1PC(F)(F)F. The van der Waals surface area contributed by atoms with E-state index in [-0.39, 0.29) is 16.7 Å². The lowest BCUT2D eigenvalue weighted by atomic mass is 10.1. The predicted octanol–water partition coefficient (Wildman–Crippen LogP) is 2.71. The quantitative estimate of drug-likeness (QED) is 0.553. The number of rotatable bonds is 2. The number of carbonyl (C=O) groups excluding carboxylic acids is 1. The van der Waals surface area contributed by atoms with E-state index in [0.717, 1.165) is 0 Å². The highest BCUT2D eigenvalue weighted by atomic mass is 31.1. The minimum Gasteiger partial charge on any atom is -0.294 e. The van der Waals surface area contributed by atoms with Crippen molar-refractivity contribution in [1.82, 2.24) is 0 Å². The molecule has 0 radical (unpaired) electrons. The topological polar surface area (TPSA) is 17.1 Å². The van der Waals surface area contributed by atoms with Crippen molar-refractivity contribution in [3.8, 4) is 0 Å². The van der Waals surface area contributed by atoms with Crippen LogP contribution in [-0.2, 0) is 0 Å². The average molecular weight is 220 g/mol. The Labute approximate surface area is 81.1 Å². The van der Waals surface area contributed by atoms with Crippen LogP contribution in [0.4, 0.5) is 13.2 Å². The Hall–Kier alpha value is -0.890. The van der Waals surface area contributed by atoms with Gasteiger partial charge in [0.1, 0.15) is 0 Å². The minimum atomic E-state index is -4.24. The van der Waals surface area contributed by atoms with Gasteiger partial charge in [0.2, 0.25) is 0 Å². The largest absolute Gasteiger partial charge is 0.406 e. The molecule has 0 spiro atoms. The summed E-state index contributed by atoms with van der Waals surface area (Å²) < 4.78 is 36.3. The molecule has 0 aromatic heterocycles. The summed E-state index contributed by atoms with van der Waals surface area (Å²) in [6, 6.07) is 5.81. The molecule has 1 aromatic rings. The minimum absolute atomic E-state index is 0.0625. The standard InChI is InChI=1S/C9H8F3OP/c1-6(13)7-4-2-3-5-8(7)14-9(10,11)12/h2-5,14H,1H3. The zero-order chi connectivity index (χ0) is 10.8. The summed E-state index contributed by atoms with van der Waals surface area (Å²) in [5.74, 6) is -4.58. The first-order valence-electron chi connectivity index (χ1n) is 3.85. The first-order chi connectivity index (χ1) is 6.40. The van der Waals surface area contributed by atoms with E-state index < -0.39 is 14.5 Å². The van der Waals surface area contributed by atoms with Gasteiger partial charge in [-0.25, -0.2) is 0 Å². The Morgan fingerprint density at radius 3 is 2.36 bits per heavy atom. The zero-order valence-electron chi connectivity index (χ0n) is 7.35. The number of benzene rings is 1. The van der Waals surface area contributed by atoms with Gasteiger partial charge < -0.3 is 0 Å². The second-order valence-corrected chi connectivity index (χ2v) is 4.08. The molecule has 0 saturated heterocycles. The predicted molar refractivity (Wildman–Crippen MR) is 50.5 cm³/mol. The fourth-order valence-electron chi connectivity index (χ4n) is 1.05. The molecule has 14 heavy (non-hydrogen) atoms. The number of ketones is 1. The van der Waals surface area contributed by atoms with Crippen LogP contribution >= 0.6 is 8.58 Å². The molecule has 1 atom stereocenters. The number of alkyl halides is 3. The average Bonchev–Trinajstić information content (AvgIpc) is 2.01. The Bertz CT molecular complexity index is 346. The van der Waals surface area contributed by atoms with Crippen LogP contribution < -0.4 is 5.30 Å². The van der Waals surface area contributed by atoms with Crippen LogP contribution in [0.5, 0.6) is 0 Å². The van der Waals surface area contributed by atoms with Gasteiger partial charge in [-0.2, -0.15) is 13.2 Å². The van der Waals surface area contributed by atoms with E-state index in [2.05, 4.69) is 0 Å². The third kappa shape index (κ3) is 3.11. The number of hydrogen-bond donors (Lipinski definition) is 0. The smallest absolute Gasteiger partial charge is 0.294 e. The molecular weight excluding hydrogens is 212 g/mol. The van der Waals surface area contributed by atoms with E-state index in [1.165, 1.54) is 25.1 Å². The molecule has 76 valence electrons. The van der Waals surface area contributed by atoms with Gasteiger partial charge in [0.05, 0.1) is 0 Å². The molecule has 0 N–H and O–H groups in total. The van der Waals surface area contributed by atoms with E-state index in [0.29, 0.717) is 0 Å². The molecular formula is C9H8F3OP. The van der Waals surface area contributed by atoms with Crippen molar-refractivity contribution in [2.75, 3.05) is 0 Å². The van der Waals surface area contributed by atoms with Gasteiger partial charge in [-0.05, 0) is 12.2 Å². The Balaban J connectivity index is 3.02. The van der Waals surface area contributed by atoms with Crippen LogP contribution in [0.3, 0.4) is 0 Å². The van der Waals surface area contributed by atoms with Crippen LogP contribution in [0.25, 0.3) is 0 Å². The van der Waals surface area contributed by atoms with Gasteiger partial charge in [0.15, 0.2) is 5.78 Å². The summed E-state index contributed by atoms with van der Waals surface area (Å²) in [4.78, 5) is 11.0. The van der Waals surface area contributed by atoms with Crippen LogP contribution in [0, 0.1) is 0 Å². The molecule has 1 unspecified atom stereocenters. The van der Waals surface area contributed by atoms with E-state index in [4.69, 9.17) is 0 Å². The normalized spacial score (nSPS) is 12.3. The zero-order valence-corrected chi connectivity index (χ0v) is 8.35. The molecule has 1 nitrogen and oxygen atoms in total. The van der Waals surface area contributed by atoms with E-state index >= 15 is 0 Å². The van der Waals surface area contributed by atoms with Crippen molar-refractivity contribution in [2.45, 2.75) is 12.8 Å². The van der Waals surface area contributed by atoms with Crippen molar-refractivity contribution in [2.24, 2.45) is 0 Å². The monoisotopic (exact) mass is 220 g/mol. The molecule has 1 aromatic carbocycles. The number of Topliss-reactive ketones (excluding diaryl/α,β-unsaturated/α-hetero) is 1. The molecule has 0 aliphatic carbocycles. The highest BCUT2D eigenvalue weighted by Gasteiger charge is 2.29. The fraction of sp³-hybridized carbons (Fsp3) is 0.222. The van der Waals surface area contributed by atoms with Crippen LogP contribution in [0.2, 0.25) is 0 Å². The number of carbonyl (C=O) groups is 1. The highest BCUT2D eigenvalue weighted by Crippen LogP contribution is 2.36. The van der Waals surface area contributed by atoms with Gasteiger partial charge in [0.25, 0.3) is 0 Å². The van der Waals surface area contributed by atoms with Crippen molar-refractivity contribution in [3.05, 3.63) is 29.8 Å². The molecule has 5 heteroatoms. The van der Waals surface area contributed by atoms with Gasteiger partial charge in [-0.3, -0.25) is 4.79 Å². The van der Waals surface area contributed by atoms with Crippen molar-refractivity contribution in [1.29, 1.82) is 0 Å². The molecule has 1 rings (SSSR count). The molecule has 0 amide bonds. The van der Waals surface area contributed by atoms with E-state index in [1.807, 2.05) is 0 Å². The molecule has 0 bridgehead atoms. The Kier molecular flexibility index (Phi) is 3.27. The van der Waals surface area contributed by atoms with Gasteiger partial charge in [-0.15, -0.1) is 0 Å². The van der Waals surface area contributed by atoms with E-state index in [1.54, 1.807) is 6.07 Å². The first-order valence-corrected chi connectivity index (χ1v) is 4.85. The lowest BCUT2D eigenvalue weighted by molar-refractivity contribution is -0.0359. The summed E-state index contributed by atoms with van der Waals surface area (Å²) in [7, 11) is -1.32. The summed E-state index contributed by atoms with van der Waals surface area (Å²) in [6.07, 6.45) is 0. The van der Waals surface area contributed by atoms with Crippen molar-refractivity contribution in [3.63, 3.8) is 0 Å². The highest BCUT2D eigenvalue weighted by molar-refractivity contribution is 7.48. The molecule has 0 aliphatic heterocycles. The summed E-state index contributed by atoms with van der Waals surface area (Å²) in [5.41, 5.74) is 0.156. The molecule has 0 heterocycles. The van der Waals surface area contributed by atoms with Gasteiger partial charge >= 0.3 is 5.92 Å². The van der Waals surface area contributed by atoms with Crippen molar-refractivity contribution < 1.29 is 18.0 Å². The van der Waals surface area contributed by atoms with Crippen LogP contribution in [0.15, 0.2) is 24.3 Å². The number of hydrogen-bond acceptors (Lipinski definition) is 1. The first kappa shape index (κ1) is 11.2. The van der Waals surface area contributed by atoms with E-state index in [9.17, 15) is 18.0 Å². The maximum atomic E-state index is 12.1. The van der Waals surface area contributed by atoms with Crippen LogP contribution in [-0.4, -0.2) is 11.7 Å². The third-order valence-electron chi connectivity index (χ3n) is 1.58. The summed E-state index contributed by atoms with van der Waals surface area (Å²) in [5, 5.41) is 0.0625. The summed E-state index contributed by atoms with van der Waals surface area (Å²) >= 11 is 0. The maximum absolute atomic E-state index is 12.1.